The van der Waals surface area contributed by atoms with Crippen LogP contribution in [0.25, 0.3) is 0 Å². The SMILES string of the molecule is CCC(CC)(CNC(C)(C)C)CN(C)Cc1ccccc1. The van der Waals surface area contributed by atoms with Crippen LogP contribution in [-0.2, 0) is 6.54 Å². The van der Waals surface area contributed by atoms with Gasteiger partial charge in [-0.2, -0.15) is 0 Å². The van der Waals surface area contributed by atoms with Crippen LogP contribution >= 0.6 is 0 Å². The fraction of sp³-hybridized carbons (Fsp3) is 0.684. The van der Waals surface area contributed by atoms with E-state index in [4.69, 9.17) is 0 Å². The van der Waals surface area contributed by atoms with Crippen molar-refractivity contribution in [2.75, 3.05) is 20.1 Å². The van der Waals surface area contributed by atoms with Gasteiger partial charge in [-0.05, 0) is 51.6 Å². The first-order valence-corrected chi connectivity index (χ1v) is 8.28. The van der Waals surface area contributed by atoms with Crippen LogP contribution in [0.2, 0.25) is 0 Å². The molecule has 0 unspecified atom stereocenters. The molecule has 0 atom stereocenters. The standard InChI is InChI=1S/C19H34N2/c1-7-19(8-2,15-20-18(3,4)5)16-21(6)14-17-12-10-9-11-13-17/h9-13,20H,7-8,14-16H2,1-6H3. The van der Waals surface area contributed by atoms with Crippen molar-refractivity contribution in [1.82, 2.24) is 10.2 Å². The third kappa shape index (κ3) is 6.62. The fourth-order valence-corrected chi connectivity index (χ4v) is 2.76. The van der Waals surface area contributed by atoms with Crippen molar-refractivity contribution in [3.8, 4) is 0 Å². The van der Waals surface area contributed by atoms with Gasteiger partial charge in [-0.15, -0.1) is 0 Å². The van der Waals surface area contributed by atoms with E-state index in [9.17, 15) is 0 Å². The van der Waals surface area contributed by atoms with Gasteiger partial charge in [0, 0.05) is 25.2 Å². The Balaban J connectivity index is 2.64. The first kappa shape index (κ1) is 18.2. The molecule has 2 nitrogen and oxygen atoms in total. The normalized spacial score (nSPS) is 12.9. The van der Waals surface area contributed by atoms with Crippen LogP contribution < -0.4 is 5.32 Å². The van der Waals surface area contributed by atoms with Gasteiger partial charge >= 0.3 is 0 Å². The van der Waals surface area contributed by atoms with E-state index < -0.39 is 0 Å². The van der Waals surface area contributed by atoms with Gasteiger partial charge < -0.3 is 10.2 Å². The Hall–Kier alpha value is -0.860. The Morgan fingerprint density at radius 3 is 2.05 bits per heavy atom. The van der Waals surface area contributed by atoms with Crippen molar-refractivity contribution in [2.45, 2.75) is 59.5 Å². The van der Waals surface area contributed by atoms with Crippen LogP contribution in [0.5, 0.6) is 0 Å². The van der Waals surface area contributed by atoms with Crippen molar-refractivity contribution in [2.24, 2.45) is 5.41 Å². The average Bonchev–Trinajstić information content (AvgIpc) is 2.44. The molecule has 0 aromatic heterocycles. The second-order valence-corrected chi connectivity index (χ2v) is 7.47. The highest BCUT2D eigenvalue weighted by molar-refractivity contribution is 5.14. The second kappa shape index (κ2) is 7.95. The smallest absolute Gasteiger partial charge is 0.0230 e. The molecule has 0 aliphatic rings. The van der Waals surface area contributed by atoms with E-state index in [0.29, 0.717) is 5.41 Å². The van der Waals surface area contributed by atoms with E-state index in [1.54, 1.807) is 0 Å². The zero-order valence-corrected chi connectivity index (χ0v) is 14.9. The summed E-state index contributed by atoms with van der Waals surface area (Å²) in [5.74, 6) is 0. The first-order chi connectivity index (χ1) is 9.80. The molecule has 0 amide bonds. The minimum absolute atomic E-state index is 0.188. The molecule has 1 rings (SSSR count). The number of hydrogen-bond donors (Lipinski definition) is 1. The molecule has 0 aliphatic heterocycles. The number of benzene rings is 1. The van der Waals surface area contributed by atoms with Gasteiger partial charge in [0.2, 0.25) is 0 Å². The molecular weight excluding hydrogens is 256 g/mol. The molecule has 0 saturated carbocycles. The Labute approximate surface area is 131 Å². The van der Waals surface area contributed by atoms with Crippen molar-refractivity contribution < 1.29 is 0 Å². The van der Waals surface area contributed by atoms with E-state index in [1.165, 1.54) is 18.4 Å². The minimum atomic E-state index is 0.188. The maximum absolute atomic E-state index is 3.71. The van der Waals surface area contributed by atoms with Crippen molar-refractivity contribution >= 4 is 0 Å². The predicted octanol–water partition coefficient (Wildman–Crippen LogP) is 4.31. The lowest BCUT2D eigenvalue weighted by Crippen LogP contribution is -2.47. The second-order valence-electron chi connectivity index (χ2n) is 7.47. The van der Waals surface area contributed by atoms with Crippen LogP contribution in [-0.4, -0.2) is 30.6 Å². The zero-order chi connectivity index (χ0) is 15.9. The third-order valence-corrected chi connectivity index (χ3v) is 4.39. The molecule has 1 aromatic carbocycles. The number of hydrogen-bond acceptors (Lipinski definition) is 2. The van der Waals surface area contributed by atoms with Crippen LogP contribution in [0, 0.1) is 5.41 Å². The first-order valence-electron chi connectivity index (χ1n) is 8.28. The van der Waals surface area contributed by atoms with Crippen molar-refractivity contribution in [1.29, 1.82) is 0 Å². The summed E-state index contributed by atoms with van der Waals surface area (Å²) in [5.41, 5.74) is 1.94. The molecule has 0 bridgehead atoms. The van der Waals surface area contributed by atoms with E-state index >= 15 is 0 Å². The average molecular weight is 290 g/mol. The molecule has 0 heterocycles. The van der Waals surface area contributed by atoms with Crippen LogP contribution in [0.15, 0.2) is 30.3 Å². The molecule has 21 heavy (non-hydrogen) atoms. The lowest BCUT2D eigenvalue weighted by molar-refractivity contribution is 0.140. The lowest BCUT2D eigenvalue weighted by Gasteiger charge is -2.38. The van der Waals surface area contributed by atoms with Gasteiger partial charge in [-0.3, -0.25) is 0 Å². The fourth-order valence-electron chi connectivity index (χ4n) is 2.76. The molecule has 0 spiro atoms. The number of rotatable bonds is 8. The van der Waals surface area contributed by atoms with Gasteiger partial charge in [0.1, 0.15) is 0 Å². The molecule has 120 valence electrons. The number of nitrogens with zero attached hydrogens (tertiary/aromatic N) is 1. The van der Waals surface area contributed by atoms with Crippen LogP contribution in [0.1, 0.15) is 53.0 Å². The molecule has 1 aromatic rings. The summed E-state index contributed by atoms with van der Waals surface area (Å²) in [7, 11) is 2.24. The van der Waals surface area contributed by atoms with Gasteiger partial charge in [0.25, 0.3) is 0 Å². The lowest BCUT2D eigenvalue weighted by atomic mass is 9.81. The number of nitrogens with one attached hydrogen (secondary N) is 1. The Morgan fingerprint density at radius 2 is 1.57 bits per heavy atom. The third-order valence-electron chi connectivity index (χ3n) is 4.39. The highest BCUT2D eigenvalue weighted by Gasteiger charge is 2.29. The molecule has 1 N–H and O–H groups in total. The van der Waals surface area contributed by atoms with E-state index in [2.05, 4.69) is 82.2 Å². The van der Waals surface area contributed by atoms with Crippen molar-refractivity contribution in [3.63, 3.8) is 0 Å². The van der Waals surface area contributed by atoms with E-state index in [1.807, 2.05) is 0 Å². The highest BCUT2D eigenvalue weighted by atomic mass is 15.1. The minimum Gasteiger partial charge on any atom is -0.311 e. The maximum Gasteiger partial charge on any atom is 0.0230 e. The highest BCUT2D eigenvalue weighted by Crippen LogP contribution is 2.28. The van der Waals surface area contributed by atoms with Crippen LogP contribution in [0.3, 0.4) is 0 Å². The quantitative estimate of drug-likeness (QED) is 0.767. The largest absolute Gasteiger partial charge is 0.311 e. The van der Waals surface area contributed by atoms with Gasteiger partial charge in [0.15, 0.2) is 0 Å². The molecule has 0 saturated heterocycles. The Morgan fingerprint density at radius 1 is 1.00 bits per heavy atom. The predicted molar refractivity (Wildman–Crippen MR) is 93.5 cm³/mol. The van der Waals surface area contributed by atoms with Gasteiger partial charge in [-0.1, -0.05) is 44.2 Å². The summed E-state index contributed by atoms with van der Waals surface area (Å²) < 4.78 is 0. The van der Waals surface area contributed by atoms with Gasteiger partial charge in [-0.25, -0.2) is 0 Å². The summed E-state index contributed by atoms with van der Waals surface area (Å²) in [6, 6.07) is 10.8. The molecule has 0 radical (unpaired) electrons. The summed E-state index contributed by atoms with van der Waals surface area (Å²) in [4.78, 5) is 2.46. The molecule has 0 aliphatic carbocycles. The van der Waals surface area contributed by atoms with Crippen LogP contribution in [0.4, 0.5) is 0 Å². The summed E-state index contributed by atoms with van der Waals surface area (Å²) >= 11 is 0. The van der Waals surface area contributed by atoms with E-state index in [-0.39, 0.29) is 5.54 Å². The summed E-state index contributed by atoms with van der Waals surface area (Å²) in [5, 5.41) is 3.71. The Bertz CT molecular complexity index is 388. The van der Waals surface area contributed by atoms with E-state index in [0.717, 1.165) is 19.6 Å². The molecule has 0 fully saturated rings. The molecular formula is C19H34N2. The molecule has 2 heteroatoms. The summed E-state index contributed by atoms with van der Waals surface area (Å²) in [6.45, 7) is 14.6. The van der Waals surface area contributed by atoms with Gasteiger partial charge in [0.05, 0.1) is 0 Å². The summed E-state index contributed by atoms with van der Waals surface area (Å²) in [6.07, 6.45) is 2.43. The van der Waals surface area contributed by atoms with Crippen molar-refractivity contribution in [3.05, 3.63) is 35.9 Å². The zero-order valence-electron chi connectivity index (χ0n) is 14.9. The topological polar surface area (TPSA) is 15.3 Å². The Kier molecular flexibility index (Phi) is 6.89. The monoisotopic (exact) mass is 290 g/mol. The maximum atomic E-state index is 3.71.